The lowest BCUT2D eigenvalue weighted by molar-refractivity contribution is -0.118. The number of carbonyl (C=O) groups is 1. The Morgan fingerprint density at radius 1 is 1.35 bits per heavy atom. The number of hydrogen-bond donors (Lipinski definition) is 2. The van der Waals surface area contributed by atoms with Gasteiger partial charge in [0.2, 0.25) is 5.78 Å². The molecular formula is C19H26FNO2. The van der Waals surface area contributed by atoms with Crippen molar-refractivity contribution in [1.82, 2.24) is 0 Å². The van der Waals surface area contributed by atoms with E-state index in [4.69, 9.17) is 5.73 Å². The molecule has 0 saturated heterocycles. The van der Waals surface area contributed by atoms with Crippen LogP contribution >= 0.6 is 0 Å². The number of aliphatic hydroxyl groups excluding tert-OH is 1. The van der Waals surface area contributed by atoms with Crippen molar-refractivity contribution in [2.45, 2.75) is 58.2 Å². The third kappa shape index (κ3) is 1.87. The lowest BCUT2D eigenvalue weighted by atomic mass is 9.49. The molecule has 0 radical (unpaired) electrons. The highest BCUT2D eigenvalue weighted by Gasteiger charge is 2.60. The van der Waals surface area contributed by atoms with Crippen LogP contribution in [0.5, 0.6) is 0 Å². The number of halogens is 1. The summed E-state index contributed by atoms with van der Waals surface area (Å²) in [5.74, 6) is 0.790. The monoisotopic (exact) mass is 319 g/mol. The van der Waals surface area contributed by atoms with Gasteiger partial charge in [-0.15, -0.1) is 0 Å². The first-order valence-corrected chi connectivity index (χ1v) is 8.81. The normalized spacial score (nSPS) is 52.2. The first kappa shape index (κ1) is 15.4. The van der Waals surface area contributed by atoms with Crippen molar-refractivity contribution in [1.29, 1.82) is 0 Å². The fourth-order valence-electron chi connectivity index (χ4n) is 6.20. The van der Waals surface area contributed by atoms with E-state index >= 15 is 0 Å². The van der Waals surface area contributed by atoms with Gasteiger partial charge in [-0.2, -0.15) is 0 Å². The van der Waals surface area contributed by atoms with Crippen molar-refractivity contribution in [2.75, 3.05) is 0 Å². The van der Waals surface area contributed by atoms with Crippen LogP contribution in [0.1, 0.15) is 46.0 Å². The van der Waals surface area contributed by atoms with Crippen molar-refractivity contribution in [3.05, 3.63) is 23.5 Å². The van der Waals surface area contributed by atoms with Gasteiger partial charge >= 0.3 is 0 Å². The van der Waals surface area contributed by atoms with E-state index in [0.717, 1.165) is 24.8 Å². The molecule has 4 rings (SSSR count). The molecule has 0 unspecified atom stereocenters. The first-order chi connectivity index (χ1) is 10.8. The van der Waals surface area contributed by atoms with Crippen LogP contribution in [0.2, 0.25) is 0 Å². The maximum absolute atomic E-state index is 14.3. The Balaban J connectivity index is 1.74. The fourth-order valence-corrected chi connectivity index (χ4v) is 6.20. The SMILES string of the molecule is C[C@]12CC[C@H]3[C@@H](CC=C4CC(=O)C(O)=C[C@@]43C)[C@@H]1C[C@@H](F)[C@@H]2N. The largest absolute Gasteiger partial charge is 0.505 e. The topological polar surface area (TPSA) is 63.3 Å². The molecule has 0 heterocycles. The summed E-state index contributed by atoms with van der Waals surface area (Å²) in [4.78, 5) is 11.8. The highest BCUT2D eigenvalue weighted by atomic mass is 19.1. The van der Waals surface area contributed by atoms with E-state index in [1.165, 1.54) is 0 Å². The Morgan fingerprint density at radius 3 is 2.83 bits per heavy atom. The maximum Gasteiger partial charge on any atom is 0.200 e. The molecule has 4 aliphatic carbocycles. The zero-order valence-electron chi connectivity index (χ0n) is 13.9. The summed E-state index contributed by atoms with van der Waals surface area (Å²) >= 11 is 0. The van der Waals surface area contributed by atoms with Gasteiger partial charge in [0.1, 0.15) is 6.17 Å². The minimum Gasteiger partial charge on any atom is -0.505 e. The van der Waals surface area contributed by atoms with Crippen LogP contribution in [-0.2, 0) is 4.79 Å². The summed E-state index contributed by atoms with van der Waals surface area (Å²) in [5.41, 5.74) is 6.97. The second-order valence-electron chi connectivity index (χ2n) is 8.58. The average molecular weight is 319 g/mol. The number of alkyl halides is 1. The van der Waals surface area contributed by atoms with Crippen LogP contribution in [0, 0.1) is 28.6 Å². The van der Waals surface area contributed by atoms with E-state index in [0.29, 0.717) is 30.6 Å². The molecule has 126 valence electrons. The lowest BCUT2D eigenvalue weighted by Gasteiger charge is -2.55. The lowest BCUT2D eigenvalue weighted by Crippen LogP contribution is -2.52. The van der Waals surface area contributed by atoms with Gasteiger partial charge in [-0.1, -0.05) is 25.5 Å². The molecule has 0 aromatic carbocycles. The Kier molecular flexibility index (Phi) is 3.13. The maximum atomic E-state index is 14.3. The van der Waals surface area contributed by atoms with Crippen LogP contribution in [-0.4, -0.2) is 23.1 Å². The number of carbonyl (C=O) groups excluding carboxylic acids is 1. The number of Topliss-reactive ketones (excluding diaryl/α,β-unsaturated/α-hetero) is 1. The molecule has 0 spiro atoms. The van der Waals surface area contributed by atoms with Gasteiger partial charge in [0.05, 0.1) is 0 Å². The summed E-state index contributed by atoms with van der Waals surface area (Å²) in [5, 5.41) is 10.00. The van der Waals surface area contributed by atoms with Gasteiger partial charge in [-0.3, -0.25) is 4.79 Å². The van der Waals surface area contributed by atoms with Gasteiger partial charge in [0, 0.05) is 17.9 Å². The van der Waals surface area contributed by atoms with Gasteiger partial charge in [0.25, 0.3) is 0 Å². The molecule has 3 N–H and O–H groups in total. The fraction of sp³-hybridized carbons (Fsp3) is 0.737. The molecule has 7 atom stereocenters. The molecule has 0 amide bonds. The zero-order chi connectivity index (χ0) is 16.6. The molecule has 0 aromatic rings. The van der Waals surface area contributed by atoms with Crippen molar-refractivity contribution in [3.8, 4) is 0 Å². The number of hydrogen-bond acceptors (Lipinski definition) is 3. The van der Waals surface area contributed by atoms with Crippen LogP contribution in [0.25, 0.3) is 0 Å². The van der Waals surface area contributed by atoms with Crippen molar-refractivity contribution < 1.29 is 14.3 Å². The predicted molar refractivity (Wildman–Crippen MR) is 86.4 cm³/mol. The second kappa shape index (κ2) is 4.69. The average Bonchev–Trinajstić information content (AvgIpc) is 2.73. The number of aliphatic hydroxyl groups is 1. The Hall–Kier alpha value is -1.16. The standard InChI is InChI=1S/C19H26FNO2/c1-18-6-5-12-11(13(18)8-14(20)17(18)21)4-3-10-7-15(22)16(23)9-19(10,12)2/h3,9,11-14,17,23H,4-8,21H2,1-2H3/t11-,12+,13+,14-,17+,18+,19+/m1/s1. The summed E-state index contributed by atoms with van der Waals surface area (Å²) < 4.78 is 14.3. The van der Waals surface area contributed by atoms with Crippen LogP contribution in [0.15, 0.2) is 23.5 Å². The number of allylic oxidation sites excluding steroid dienone is 4. The van der Waals surface area contributed by atoms with Crippen molar-refractivity contribution in [2.24, 2.45) is 34.3 Å². The molecule has 23 heavy (non-hydrogen) atoms. The Morgan fingerprint density at radius 2 is 2.09 bits per heavy atom. The highest BCUT2D eigenvalue weighted by Crippen LogP contribution is 2.63. The van der Waals surface area contributed by atoms with E-state index in [2.05, 4.69) is 19.9 Å². The van der Waals surface area contributed by atoms with E-state index in [-0.39, 0.29) is 28.4 Å². The molecule has 2 saturated carbocycles. The number of nitrogens with two attached hydrogens (primary N) is 1. The van der Waals surface area contributed by atoms with E-state index in [9.17, 15) is 14.3 Å². The molecule has 3 nitrogen and oxygen atoms in total. The van der Waals surface area contributed by atoms with E-state index < -0.39 is 6.17 Å². The minimum absolute atomic E-state index is 0.0925. The summed E-state index contributed by atoms with van der Waals surface area (Å²) in [6, 6.07) is -0.358. The quantitative estimate of drug-likeness (QED) is 0.672. The third-order valence-corrected chi connectivity index (χ3v) is 7.68. The van der Waals surface area contributed by atoms with Gasteiger partial charge in [-0.05, 0) is 54.9 Å². The number of rotatable bonds is 0. The zero-order valence-corrected chi connectivity index (χ0v) is 13.9. The molecule has 4 aliphatic rings. The van der Waals surface area contributed by atoms with Crippen LogP contribution in [0.3, 0.4) is 0 Å². The van der Waals surface area contributed by atoms with Crippen LogP contribution < -0.4 is 5.73 Å². The molecule has 0 aliphatic heterocycles. The molecule has 2 fully saturated rings. The van der Waals surface area contributed by atoms with E-state index in [1.54, 1.807) is 6.08 Å². The van der Waals surface area contributed by atoms with E-state index in [1.807, 2.05) is 0 Å². The smallest absolute Gasteiger partial charge is 0.200 e. The second-order valence-corrected chi connectivity index (χ2v) is 8.58. The van der Waals surface area contributed by atoms with Gasteiger partial charge < -0.3 is 10.8 Å². The Bertz CT molecular complexity index is 627. The molecule has 0 bridgehead atoms. The highest BCUT2D eigenvalue weighted by molar-refractivity contribution is 5.96. The first-order valence-electron chi connectivity index (χ1n) is 8.81. The summed E-state index contributed by atoms with van der Waals surface area (Å²) in [6.07, 6.45) is 6.78. The van der Waals surface area contributed by atoms with Crippen molar-refractivity contribution in [3.63, 3.8) is 0 Å². The number of ketones is 1. The molecule has 4 heteroatoms. The summed E-state index contributed by atoms with van der Waals surface area (Å²) in [7, 11) is 0. The van der Waals surface area contributed by atoms with Crippen molar-refractivity contribution >= 4 is 5.78 Å². The molecule has 0 aromatic heterocycles. The van der Waals surface area contributed by atoms with Gasteiger partial charge in [-0.25, -0.2) is 4.39 Å². The molecular weight excluding hydrogens is 293 g/mol. The number of fused-ring (bicyclic) bond motifs is 5. The third-order valence-electron chi connectivity index (χ3n) is 7.68. The Labute approximate surface area is 136 Å². The van der Waals surface area contributed by atoms with Gasteiger partial charge in [0.15, 0.2) is 5.76 Å². The predicted octanol–water partition coefficient (Wildman–Crippen LogP) is 3.46. The van der Waals surface area contributed by atoms with Crippen LogP contribution in [0.4, 0.5) is 4.39 Å². The summed E-state index contributed by atoms with van der Waals surface area (Å²) in [6.45, 7) is 4.31. The minimum atomic E-state index is -0.904.